The Morgan fingerprint density at radius 2 is 1.67 bits per heavy atom. The lowest BCUT2D eigenvalue weighted by Gasteiger charge is -2.13. The van der Waals surface area contributed by atoms with Crippen molar-refractivity contribution in [2.75, 3.05) is 13.1 Å². The minimum Gasteiger partial charge on any atom is -0.481 e. The van der Waals surface area contributed by atoms with Gasteiger partial charge < -0.3 is 26.2 Å². The SMILES string of the molecule is CC(C)CNC(=O)CCNC(=O)N[C@H](CC(=O)O)C(=O)O. The van der Waals surface area contributed by atoms with Gasteiger partial charge in [-0.1, -0.05) is 13.8 Å². The van der Waals surface area contributed by atoms with Crippen molar-refractivity contribution in [2.24, 2.45) is 5.92 Å². The van der Waals surface area contributed by atoms with Gasteiger partial charge in [0, 0.05) is 19.5 Å². The van der Waals surface area contributed by atoms with Crippen LogP contribution < -0.4 is 16.0 Å². The Morgan fingerprint density at radius 3 is 2.14 bits per heavy atom. The molecular formula is C12H21N3O6. The van der Waals surface area contributed by atoms with Crippen molar-refractivity contribution in [1.82, 2.24) is 16.0 Å². The van der Waals surface area contributed by atoms with Crippen LogP contribution in [0.5, 0.6) is 0 Å². The van der Waals surface area contributed by atoms with Crippen LogP contribution in [-0.4, -0.2) is 53.2 Å². The van der Waals surface area contributed by atoms with Crippen molar-refractivity contribution in [2.45, 2.75) is 32.7 Å². The topological polar surface area (TPSA) is 145 Å². The minimum absolute atomic E-state index is 0.0230. The number of hydrogen-bond donors (Lipinski definition) is 5. The van der Waals surface area contributed by atoms with Crippen LogP contribution in [0.3, 0.4) is 0 Å². The molecule has 3 amide bonds. The Hall–Kier alpha value is -2.32. The molecule has 0 heterocycles. The highest BCUT2D eigenvalue weighted by Gasteiger charge is 2.22. The number of carboxylic acid groups (broad SMARTS) is 2. The van der Waals surface area contributed by atoms with E-state index >= 15 is 0 Å². The van der Waals surface area contributed by atoms with Gasteiger partial charge in [0.05, 0.1) is 6.42 Å². The fraction of sp³-hybridized carbons (Fsp3) is 0.667. The number of carbonyl (C=O) groups excluding carboxylic acids is 2. The Labute approximate surface area is 122 Å². The molecule has 0 spiro atoms. The highest BCUT2D eigenvalue weighted by molar-refractivity contribution is 5.86. The number of urea groups is 1. The lowest BCUT2D eigenvalue weighted by molar-refractivity contribution is -0.145. The predicted octanol–water partition coefficient (Wildman–Crippen LogP) is -0.624. The fourth-order valence-corrected chi connectivity index (χ4v) is 1.28. The van der Waals surface area contributed by atoms with Gasteiger partial charge >= 0.3 is 18.0 Å². The maximum Gasteiger partial charge on any atom is 0.326 e. The zero-order valence-corrected chi connectivity index (χ0v) is 12.0. The summed E-state index contributed by atoms with van der Waals surface area (Å²) in [7, 11) is 0. The molecule has 0 aliphatic heterocycles. The largest absolute Gasteiger partial charge is 0.481 e. The number of rotatable bonds is 9. The second-order valence-electron chi connectivity index (χ2n) is 4.84. The molecule has 0 aliphatic rings. The summed E-state index contributed by atoms with van der Waals surface area (Å²) in [5.41, 5.74) is 0. The lowest BCUT2D eigenvalue weighted by atomic mass is 10.2. The number of amides is 3. The molecule has 0 unspecified atom stereocenters. The van der Waals surface area contributed by atoms with Crippen LogP contribution in [0.25, 0.3) is 0 Å². The van der Waals surface area contributed by atoms with E-state index in [0.29, 0.717) is 12.5 Å². The first-order valence-corrected chi connectivity index (χ1v) is 6.48. The van der Waals surface area contributed by atoms with Gasteiger partial charge in [0.25, 0.3) is 0 Å². The lowest BCUT2D eigenvalue weighted by Crippen LogP contribution is -2.47. The summed E-state index contributed by atoms with van der Waals surface area (Å²) in [5, 5.41) is 24.2. The molecule has 0 saturated carbocycles. The van der Waals surface area contributed by atoms with Gasteiger partial charge in [0.1, 0.15) is 6.04 Å². The molecule has 0 rings (SSSR count). The average Bonchev–Trinajstić information content (AvgIpc) is 2.34. The third-order valence-electron chi connectivity index (χ3n) is 2.33. The van der Waals surface area contributed by atoms with Crippen molar-refractivity contribution in [3.63, 3.8) is 0 Å². The summed E-state index contributed by atoms with van der Waals surface area (Å²) in [6.45, 7) is 4.45. The summed E-state index contributed by atoms with van der Waals surface area (Å²) >= 11 is 0. The van der Waals surface area contributed by atoms with E-state index in [-0.39, 0.29) is 18.9 Å². The van der Waals surface area contributed by atoms with Crippen LogP contribution in [0.1, 0.15) is 26.7 Å². The Bertz CT molecular complexity index is 396. The maximum atomic E-state index is 11.4. The standard InChI is InChI=1S/C12H21N3O6/c1-7(2)6-14-9(16)3-4-13-12(21)15-8(11(19)20)5-10(17)18/h7-8H,3-6H2,1-2H3,(H,14,16)(H,17,18)(H,19,20)(H2,13,15,21)/t8-/m1/s1. The van der Waals surface area contributed by atoms with E-state index in [2.05, 4.69) is 10.6 Å². The van der Waals surface area contributed by atoms with Gasteiger partial charge in [-0.2, -0.15) is 0 Å². The molecule has 0 bridgehead atoms. The van der Waals surface area contributed by atoms with Crippen LogP contribution in [0.4, 0.5) is 4.79 Å². The first-order chi connectivity index (χ1) is 9.72. The van der Waals surface area contributed by atoms with Crippen LogP contribution in [0.2, 0.25) is 0 Å². The van der Waals surface area contributed by atoms with Gasteiger partial charge in [0.15, 0.2) is 0 Å². The first-order valence-electron chi connectivity index (χ1n) is 6.48. The highest BCUT2D eigenvalue weighted by Crippen LogP contribution is 1.93. The number of aliphatic carboxylic acids is 2. The van der Waals surface area contributed by atoms with Crippen molar-refractivity contribution in [3.8, 4) is 0 Å². The zero-order chi connectivity index (χ0) is 16.4. The van der Waals surface area contributed by atoms with E-state index in [4.69, 9.17) is 10.2 Å². The van der Waals surface area contributed by atoms with Crippen molar-refractivity contribution >= 4 is 23.9 Å². The summed E-state index contributed by atoms with van der Waals surface area (Å²) in [6.07, 6.45) is -0.672. The maximum absolute atomic E-state index is 11.4. The van der Waals surface area contributed by atoms with Crippen LogP contribution in [0.15, 0.2) is 0 Å². The zero-order valence-electron chi connectivity index (χ0n) is 12.0. The summed E-state index contributed by atoms with van der Waals surface area (Å²) in [4.78, 5) is 43.9. The van der Waals surface area contributed by atoms with Gasteiger partial charge in [-0.15, -0.1) is 0 Å². The molecule has 0 aromatic heterocycles. The van der Waals surface area contributed by atoms with E-state index in [9.17, 15) is 19.2 Å². The van der Waals surface area contributed by atoms with Gasteiger partial charge in [-0.25, -0.2) is 9.59 Å². The molecule has 0 aromatic rings. The first kappa shape index (κ1) is 18.7. The molecule has 0 fully saturated rings. The van der Waals surface area contributed by atoms with Crippen molar-refractivity contribution in [1.29, 1.82) is 0 Å². The Balaban J connectivity index is 4.00. The molecule has 1 atom stereocenters. The summed E-state index contributed by atoms with van der Waals surface area (Å²) in [5.74, 6) is -2.69. The quantitative estimate of drug-likeness (QED) is 0.383. The minimum atomic E-state index is -1.52. The predicted molar refractivity (Wildman–Crippen MR) is 72.7 cm³/mol. The third kappa shape index (κ3) is 10.2. The highest BCUT2D eigenvalue weighted by atomic mass is 16.4. The van der Waals surface area contributed by atoms with Crippen LogP contribution >= 0.6 is 0 Å². The molecule has 0 aliphatic carbocycles. The normalized spacial score (nSPS) is 11.6. The van der Waals surface area contributed by atoms with Crippen LogP contribution in [-0.2, 0) is 14.4 Å². The van der Waals surface area contributed by atoms with Gasteiger partial charge in [-0.05, 0) is 5.92 Å². The smallest absolute Gasteiger partial charge is 0.326 e. The summed E-state index contributed by atoms with van der Waals surface area (Å²) in [6, 6.07) is -2.35. The van der Waals surface area contributed by atoms with Gasteiger partial charge in [-0.3, -0.25) is 9.59 Å². The van der Waals surface area contributed by atoms with E-state index in [1.807, 2.05) is 19.2 Å². The number of hydrogen-bond acceptors (Lipinski definition) is 4. The molecule has 9 heteroatoms. The fourth-order valence-electron chi connectivity index (χ4n) is 1.28. The van der Waals surface area contributed by atoms with E-state index in [1.165, 1.54) is 0 Å². The molecular weight excluding hydrogens is 282 g/mol. The summed E-state index contributed by atoms with van der Waals surface area (Å²) < 4.78 is 0. The van der Waals surface area contributed by atoms with Crippen LogP contribution in [0, 0.1) is 5.92 Å². The van der Waals surface area contributed by atoms with E-state index in [0.717, 1.165) is 0 Å². The van der Waals surface area contributed by atoms with Crippen molar-refractivity contribution in [3.05, 3.63) is 0 Å². The molecule has 120 valence electrons. The molecule has 5 N–H and O–H groups in total. The number of nitrogens with one attached hydrogen (secondary N) is 3. The van der Waals surface area contributed by atoms with E-state index < -0.39 is 30.4 Å². The molecule has 0 radical (unpaired) electrons. The molecule has 0 saturated heterocycles. The molecule has 21 heavy (non-hydrogen) atoms. The molecule has 0 aromatic carbocycles. The monoisotopic (exact) mass is 303 g/mol. The number of carbonyl (C=O) groups is 4. The Kier molecular flexibility index (Phi) is 8.51. The van der Waals surface area contributed by atoms with Gasteiger partial charge in [0.2, 0.25) is 5.91 Å². The molecule has 9 nitrogen and oxygen atoms in total. The Morgan fingerprint density at radius 1 is 1.05 bits per heavy atom. The average molecular weight is 303 g/mol. The second kappa shape index (κ2) is 9.56. The third-order valence-corrected chi connectivity index (χ3v) is 2.33. The second-order valence-corrected chi connectivity index (χ2v) is 4.84. The van der Waals surface area contributed by atoms with Crippen molar-refractivity contribution < 1.29 is 29.4 Å². The number of carboxylic acids is 2. The van der Waals surface area contributed by atoms with E-state index in [1.54, 1.807) is 0 Å².